The Balaban J connectivity index is 1.87. The molecule has 0 saturated carbocycles. The van der Waals surface area contributed by atoms with Crippen molar-refractivity contribution in [2.75, 3.05) is 0 Å². The summed E-state index contributed by atoms with van der Waals surface area (Å²) in [4.78, 5) is 14.3. The van der Waals surface area contributed by atoms with Gasteiger partial charge < -0.3 is 9.73 Å². The molecule has 0 aromatic carbocycles. The number of carbonyl (C=O) groups is 1. The number of ketones is 1. The Labute approximate surface area is 168 Å². The van der Waals surface area contributed by atoms with Crippen LogP contribution in [0.5, 0.6) is 0 Å². The lowest BCUT2D eigenvalue weighted by molar-refractivity contribution is -0.692. The molecule has 3 aromatic rings. The largest absolute Gasteiger partial charge is 0.467 e. The predicted molar refractivity (Wildman–Crippen MR) is 111 cm³/mol. The van der Waals surface area contributed by atoms with Gasteiger partial charge in [0.1, 0.15) is 5.76 Å². The molecular weight excluding hydrogens is 376 g/mol. The van der Waals surface area contributed by atoms with Crippen molar-refractivity contribution in [3.8, 4) is 0 Å². The van der Waals surface area contributed by atoms with E-state index in [0.717, 1.165) is 5.76 Å². The first-order valence-corrected chi connectivity index (χ1v) is 10.0. The van der Waals surface area contributed by atoms with Crippen LogP contribution in [0, 0.1) is 0 Å². The van der Waals surface area contributed by atoms with E-state index in [1.807, 2.05) is 58.7 Å². The van der Waals surface area contributed by atoms with Gasteiger partial charge in [0, 0.05) is 12.1 Å². The number of rotatable bonds is 6. The van der Waals surface area contributed by atoms with Crippen LogP contribution >= 0.6 is 23.6 Å². The Kier molecular flexibility index (Phi) is 5.87. The molecule has 0 radical (unpaired) electrons. The molecule has 3 rings (SSSR count). The summed E-state index contributed by atoms with van der Waals surface area (Å²) >= 11 is 7.02. The molecule has 140 valence electrons. The molecule has 3 aromatic heterocycles. The first-order valence-electron chi connectivity index (χ1n) is 8.75. The fourth-order valence-corrected chi connectivity index (χ4v) is 3.73. The minimum absolute atomic E-state index is 0.0181. The topological polar surface area (TPSA) is 46.1 Å². The molecule has 6 heteroatoms. The smallest absolute Gasteiger partial charge is 0.271 e. The third-order valence-corrected chi connectivity index (χ3v) is 5.55. The van der Waals surface area contributed by atoms with Crippen LogP contribution in [-0.4, -0.2) is 10.8 Å². The van der Waals surface area contributed by atoms with Gasteiger partial charge in [-0.05, 0) is 34.6 Å². The second kappa shape index (κ2) is 8.15. The Hall–Kier alpha value is -2.31. The number of thiocarbonyl (C=S) groups is 1. The molecule has 1 N–H and O–H groups in total. The van der Waals surface area contributed by atoms with E-state index in [0.29, 0.717) is 16.4 Å². The quantitative estimate of drug-likeness (QED) is 0.377. The number of hydrogen-bond donors (Lipinski definition) is 1. The van der Waals surface area contributed by atoms with Crippen LogP contribution in [0.3, 0.4) is 0 Å². The Bertz CT molecular complexity index is 893. The molecule has 3 heterocycles. The molecule has 1 atom stereocenters. The summed E-state index contributed by atoms with van der Waals surface area (Å²) in [6.07, 6.45) is 5.48. The summed E-state index contributed by atoms with van der Waals surface area (Å²) in [6.45, 7) is 6.93. The standard InChI is InChI=1S/C21H22N2O2S2/c1-21(2,3)15-8-10-23(11-9-15)18(19(24)17-7-5-13-27-17)20(26)22-14-16-6-4-12-25-16/h4-13,18H,14H2,1-3H3/p+1/t18-/m0/s1. The Morgan fingerprint density at radius 2 is 1.96 bits per heavy atom. The van der Waals surface area contributed by atoms with Gasteiger partial charge in [-0.15, -0.1) is 11.3 Å². The second-order valence-corrected chi connectivity index (χ2v) is 8.71. The third-order valence-electron chi connectivity index (χ3n) is 4.29. The highest BCUT2D eigenvalue weighted by molar-refractivity contribution is 7.80. The van der Waals surface area contributed by atoms with Gasteiger partial charge in [0.05, 0.1) is 17.7 Å². The van der Waals surface area contributed by atoms with E-state index in [4.69, 9.17) is 16.6 Å². The summed E-state index contributed by atoms with van der Waals surface area (Å²) in [5.74, 6) is 0.753. The molecule has 0 spiro atoms. The number of aromatic nitrogens is 1. The van der Waals surface area contributed by atoms with Crippen molar-refractivity contribution in [2.45, 2.75) is 38.8 Å². The van der Waals surface area contributed by atoms with Gasteiger partial charge >= 0.3 is 0 Å². The number of nitrogens with zero attached hydrogens (tertiary/aromatic N) is 1. The highest BCUT2D eigenvalue weighted by Gasteiger charge is 2.34. The predicted octanol–water partition coefficient (Wildman–Crippen LogP) is 4.47. The van der Waals surface area contributed by atoms with Gasteiger partial charge in [-0.3, -0.25) is 4.79 Å². The fraction of sp³-hybridized carbons (Fsp3) is 0.286. The maximum atomic E-state index is 13.1. The summed E-state index contributed by atoms with van der Waals surface area (Å²) in [7, 11) is 0. The molecule has 0 aliphatic heterocycles. The SMILES string of the molecule is CC(C)(C)c1cc[n+]([C@@H](C(=O)c2cccs2)C(=S)NCc2ccco2)cc1. The Morgan fingerprint density at radius 1 is 1.22 bits per heavy atom. The zero-order chi connectivity index (χ0) is 19.4. The summed E-state index contributed by atoms with van der Waals surface area (Å²) < 4.78 is 7.21. The molecule has 0 bridgehead atoms. The van der Waals surface area contributed by atoms with Gasteiger partial charge in [0.2, 0.25) is 5.78 Å². The molecule has 0 saturated heterocycles. The summed E-state index contributed by atoms with van der Waals surface area (Å²) in [5.41, 5.74) is 1.25. The third kappa shape index (κ3) is 4.70. The Morgan fingerprint density at radius 3 is 2.52 bits per heavy atom. The van der Waals surface area contributed by atoms with E-state index in [2.05, 4.69) is 26.1 Å². The zero-order valence-electron chi connectivity index (χ0n) is 15.6. The van der Waals surface area contributed by atoms with Crippen LogP contribution in [0.1, 0.15) is 47.8 Å². The minimum atomic E-state index is -0.595. The van der Waals surface area contributed by atoms with Gasteiger partial charge in [0.25, 0.3) is 6.04 Å². The van der Waals surface area contributed by atoms with E-state index < -0.39 is 6.04 Å². The summed E-state index contributed by atoms with van der Waals surface area (Å²) in [6, 6.07) is 10.9. The average molecular weight is 400 g/mol. The maximum Gasteiger partial charge on any atom is 0.271 e. The number of hydrogen-bond acceptors (Lipinski definition) is 4. The molecule has 0 aliphatic carbocycles. The van der Waals surface area contributed by atoms with Crippen molar-refractivity contribution < 1.29 is 13.8 Å². The molecule has 4 nitrogen and oxygen atoms in total. The van der Waals surface area contributed by atoms with Crippen LogP contribution in [0.25, 0.3) is 0 Å². The van der Waals surface area contributed by atoms with Crippen molar-refractivity contribution in [3.63, 3.8) is 0 Å². The number of furan rings is 1. The van der Waals surface area contributed by atoms with Crippen LogP contribution < -0.4 is 9.88 Å². The van der Waals surface area contributed by atoms with Crippen LogP contribution in [0.4, 0.5) is 0 Å². The number of Topliss-reactive ketones (excluding diaryl/α,β-unsaturated/α-hetero) is 1. The van der Waals surface area contributed by atoms with Gasteiger partial charge in [-0.2, -0.15) is 4.57 Å². The number of carbonyl (C=O) groups excluding carboxylic acids is 1. The van der Waals surface area contributed by atoms with E-state index in [1.54, 1.807) is 6.26 Å². The van der Waals surface area contributed by atoms with Gasteiger partial charge in [0.15, 0.2) is 17.4 Å². The number of pyridine rings is 1. The van der Waals surface area contributed by atoms with Gasteiger partial charge in [-0.1, -0.05) is 39.1 Å². The van der Waals surface area contributed by atoms with Gasteiger partial charge in [-0.25, -0.2) is 0 Å². The van der Waals surface area contributed by atoms with Crippen molar-refractivity contribution in [1.29, 1.82) is 0 Å². The van der Waals surface area contributed by atoms with Crippen molar-refractivity contribution in [1.82, 2.24) is 5.32 Å². The van der Waals surface area contributed by atoms with Crippen LogP contribution in [-0.2, 0) is 12.0 Å². The molecule has 0 unspecified atom stereocenters. The number of thiophene rings is 1. The lowest BCUT2D eigenvalue weighted by Crippen LogP contribution is -2.51. The van der Waals surface area contributed by atoms with E-state index in [-0.39, 0.29) is 11.2 Å². The van der Waals surface area contributed by atoms with E-state index in [9.17, 15) is 4.79 Å². The first-order chi connectivity index (χ1) is 12.9. The molecule has 0 aliphatic rings. The monoisotopic (exact) mass is 399 g/mol. The van der Waals surface area contributed by atoms with E-state index >= 15 is 0 Å². The maximum absolute atomic E-state index is 13.1. The zero-order valence-corrected chi connectivity index (χ0v) is 17.3. The summed E-state index contributed by atoms with van der Waals surface area (Å²) in [5, 5.41) is 5.07. The van der Waals surface area contributed by atoms with Crippen molar-refractivity contribution in [2.24, 2.45) is 0 Å². The number of nitrogens with one attached hydrogen (secondary N) is 1. The molecular formula is C21H23N2O2S2+. The lowest BCUT2D eigenvalue weighted by atomic mass is 9.88. The minimum Gasteiger partial charge on any atom is -0.467 e. The van der Waals surface area contributed by atoms with Crippen LogP contribution in [0.2, 0.25) is 0 Å². The molecule has 0 amide bonds. The molecule has 0 fully saturated rings. The lowest BCUT2D eigenvalue weighted by Gasteiger charge is -2.19. The van der Waals surface area contributed by atoms with Crippen molar-refractivity contribution in [3.05, 3.63) is 76.6 Å². The van der Waals surface area contributed by atoms with E-state index in [1.165, 1.54) is 16.9 Å². The highest BCUT2D eigenvalue weighted by Crippen LogP contribution is 2.21. The first kappa shape index (κ1) is 19.5. The second-order valence-electron chi connectivity index (χ2n) is 7.33. The highest BCUT2D eigenvalue weighted by atomic mass is 32.1. The van der Waals surface area contributed by atoms with Crippen LogP contribution in [0.15, 0.2) is 64.9 Å². The molecule has 27 heavy (non-hydrogen) atoms. The normalized spacial score (nSPS) is 12.6. The average Bonchev–Trinajstić information content (AvgIpc) is 3.33. The van der Waals surface area contributed by atoms with Crippen molar-refractivity contribution >= 4 is 34.3 Å². The fourth-order valence-electron chi connectivity index (χ4n) is 2.74.